The zero-order valence-electron chi connectivity index (χ0n) is 23.5. The summed E-state index contributed by atoms with van der Waals surface area (Å²) in [7, 11) is 1.94. The van der Waals surface area contributed by atoms with E-state index in [2.05, 4.69) is 27.5 Å². The number of carbonyl (C=O) groups is 1. The Morgan fingerprint density at radius 2 is 1.74 bits per heavy atom. The molecular formula is C32H28Cl2F2N6O. The van der Waals surface area contributed by atoms with Crippen molar-refractivity contribution in [2.75, 3.05) is 25.5 Å². The van der Waals surface area contributed by atoms with E-state index < -0.39 is 11.6 Å². The second-order valence-electron chi connectivity index (χ2n) is 10.9. The van der Waals surface area contributed by atoms with Gasteiger partial charge in [0.2, 0.25) is 5.95 Å². The van der Waals surface area contributed by atoms with Crippen molar-refractivity contribution in [3.63, 3.8) is 0 Å². The average molecular weight is 622 g/mol. The van der Waals surface area contributed by atoms with Crippen LogP contribution in [0.1, 0.15) is 46.8 Å². The number of fused-ring (bicyclic) bond motifs is 3. The summed E-state index contributed by atoms with van der Waals surface area (Å²) in [5.74, 6) is -1.27. The molecule has 0 radical (unpaired) electrons. The Balaban J connectivity index is 1.28. The molecule has 2 aliphatic heterocycles. The van der Waals surface area contributed by atoms with E-state index in [-0.39, 0.29) is 35.2 Å². The topological polar surface area (TPSA) is 82.5 Å². The van der Waals surface area contributed by atoms with Gasteiger partial charge in [-0.25, -0.2) is 18.7 Å². The van der Waals surface area contributed by atoms with Crippen LogP contribution in [0.2, 0.25) is 10.0 Å². The molecule has 6 rings (SSSR count). The van der Waals surface area contributed by atoms with Crippen LogP contribution in [0.4, 0.5) is 20.4 Å². The second kappa shape index (κ2) is 11.6. The van der Waals surface area contributed by atoms with Gasteiger partial charge in [-0.2, -0.15) is 0 Å². The van der Waals surface area contributed by atoms with Gasteiger partial charge in [-0.3, -0.25) is 9.79 Å². The molecule has 1 amide bonds. The number of carbonyl (C=O) groups excluding carboxylic acids is 1. The number of hydrogen-bond acceptors (Lipinski definition) is 6. The molecule has 0 aliphatic carbocycles. The molecule has 220 valence electrons. The number of likely N-dealkylation sites (tertiary alicyclic amines) is 1. The number of nitrogens with one attached hydrogen (secondary N) is 2. The van der Waals surface area contributed by atoms with Crippen LogP contribution in [0.5, 0.6) is 0 Å². The van der Waals surface area contributed by atoms with Gasteiger partial charge in [0.25, 0.3) is 5.91 Å². The monoisotopic (exact) mass is 620 g/mol. The molecule has 1 fully saturated rings. The number of aromatic nitrogens is 2. The van der Waals surface area contributed by atoms with E-state index in [1.807, 2.05) is 11.9 Å². The van der Waals surface area contributed by atoms with Crippen molar-refractivity contribution < 1.29 is 13.6 Å². The van der Waals surface area contributed by atoms with Crippen LogP contribution in [0, 0.1) is 11.6 Å². The Kier molecular flexibility index (Phi) is 7.89. The van der Waals surface area contributed by atoms with Crippen molar-refractivity contribution in [3.8, 4) is 11.3 Å². The lowest BCUT2D eigenvalue weighted by molar-refractivity contribution is 0.0662. The van der Waals surface area contributed by atoms with Gasteiger partial charge in [-0.1, -0.05) is 35.3 Å². The predicted molar refractivity (Wildman–Crippen MR) is 166 cm³/mol. The highest BCUT2D eigenvalue weighted by molar-refractivity contribution is 6.34. The number of nitrogens with zero attached hydrogens (tertiary/aromatic N) is 4. The Bertz CT molecular complexity index is 1750. The van der Waals surface area contributed by atoms with E-state index in [9.17, 15) is 13.6 Å². The average Bonchev–Trinajstić information content (AvgIpc) is 3.14. The van der Waals surface area contributed by atoms with Gasteiger partial charge < -0.3 is 15.5 Å². The van der Waals surface area contributed by atoms with Gasteiger partial charge in [0.1, 0.15) is 11.6 Å². The first-order valence-corrected chi connectivity index (χ1v) is 14.6. The molecule has 3 aromatic carbocycles. The van der Waals surface area contributed by atoms with Crippen LogP contribution >= 0.6 is 23.2 Å². The predicted octanol–water partition coefficient (Wildman–Crippen LogP) is 7.04. The van der Waals surface area contributed by atoms with Crippen LogP contribution in [-0.4, -0.2) is 52.2 Å². The molecule has 0 saturated carbocycles. The normalized spacial score (nSPS) is 15.7. The first-order chi connectivity index (χ1) is 20.7. The van der Waals surface area contributed by atoms with Gasteiger partial charge in [0, 0.05) is 52.2 Å². The lowest BCUT2D eigenvalue weighted by atomic mass is 9.89. The van der Waals surface area contributed by atoms with Crippen molar-refractivity contribution >= 4 is 46.5 Å². The zero-order chi connectivity index (χ0) is 30.3. The maximum absolute atomic E-state index is 14.8. The van der Waals surface area contributed by atoms with Crippen LogP contribution < -0.4 is 10.6 Å². The van der Waals surface area contributed by atoms with Crippen LogP contribution in [0.25, 0.3) is 11.3 Å². The van der Waals surface area contributed by atoms with Crippen molar-refractivity contribution in [1.82, 2.24) is 20.2 Å². The summed E-state index contributed by atoms with van der Waals surface area (Å²) in [4.78, 5) is 28.8. The number of aliphatic imine (C=N–C) groups is 1. The van der Waals surface area contributed by atoms with E-state index in [0.717, 1.165) is 12.8 Å². The largest absolute Gasteiger partial charge is 0.338 e. The van der Waals surface area contributed by atoms with Crippen LogP contribution in [0.3, 0.4) is 0 Å². The fraction of sp³-hybridized carbons (Fsp3) is 0.250. The van der Waals surface area contributed by atoms with Gasteiger partial charge in [-0.05, 0) is 69.3 Å². The Labute approximate surface area is 258 Å². The third kappa shape index (κ3) is 5.72. The molecule has 1 aromatic heterocycles. The van der Waals surface area contributed by atoms with Crippen molar-refractivity contribution in [2.45, 2.75) is 31.8 Å². The lowest BCUT2D eigenvalue weighted by Gasteiger charge is -2.39. The standard InChI is InChI=1S/C32H28Cl2F2N6O/c1-32(37-2)10-12-42(13-11-32)30(43)22-9-7-20(15-24(22)34)40-31-39-17-18-16-38-29(27-25(35)4-3-5-26(27)36)23-14-19(33)6-8-21(23)28(18)41-31/h3-9,14-15,17,37H,10-13,16H2,1-2H3,(H,39,40,41). The minimum Gasteiger partial charge on any atom is -0.338 e. The number of rotatable bonds is 5. The van der Waals surface area contributed by atoms with E-state index in [1.165, 1.54) is 18.2 Å². The molecule has 0 bridgehead atoms. The van der Waals surface area contributed by atoms with E-state index in [4.69, 9.17) is 28.2 Å². The summed E-state index contributed by atoms with van der Waals surface area (Å²) >= 11 is 12.9. The summed E-state index contributed by atoms with van der Waals surface area (Å²) < 4.78 is 29.7. The first-order valence-electron chi connectivity index (χ1n) is 13.9. The molecule has 43 heavy (non-hydrogen) atoms. The quantitative estimate of drug-likeness (QED) is 0.250. The lowest BCUT2D eigenvalue weighted by Crippen LogP contribution is -2.51. The Morgan fingerprint density at radius 1 is 1.00 bits per heavy atom. The second-order valence-corrected chi connectivity index (χ2v) is 11.8. The highest BCUT2D eigenvalue weighted by Crippen LogP contribution is 2.35. The fourth-order valence-corrected chi connectivity index (χ4v) is 5.87. The molecular weight excluding hydrogens is 593 g/mol. The highest BCUT2D eigenvalue weighted by Gasteiger charge is 2.31. The van der Waals surface area contributed by atoms with Crippen molar-refractivity contribution in [2.24, 2.45) is 4.99 Å². The maximum Gasteiger partial charge on any atom is 0.255 e. The summed E-state index contributed by atoms with van der Waals surface area (Å²) in [5, 5.41) is 7.21. The fourth-order valence-electron chi connectivity index (χ4n) is 5.44. The van der Waals surface area contributed by atoms with Gasteiger partial charge in [-0.15, -0.1) is 0 Å². The summed E-state index contributed by atoms with van der Waals surface area (Å²) in [5.41, 5.74) is 3.27. The van der Waals surface area contributed by atoms with Gasteiger partial charge in [0.15, 0.2) is 0 Å². The van der Waals surface area contributed by atoms with Crippen molar-refractivity contribution in [1.29, 1.82) is 0 Å². The molecule has 2 aliphatic rings. The SMILES string of the molecule is CNC1(C)CCN(C(=O)c2ccc(Nc3ncc4c(n3)-c3ccc(Cl)cc3C(c3c(F)cccc3F)=NC4)cc2Cl)CC1. The van der Waals surface area contributed by atoms with Crippen molar-refractivity contribution in [3.05, 3.63) is 105 Å². The Morgan fingerprint density at radius 3 is 2.44 bits per heavy atom. The van der Waals surface area contributed by atoms with Crippen LogP contribution in [-0.2, 0) is 6.54 Å². The molecule has 4 aromatic rings. The Hall–Kier alpha value is -3.92. The molecule has 1 saturated heterocycles. The smallest absolute Gasteiger partial charge is 0.255 e. The minimum atomic E-state index is -0.723. The minimum absolute atomic E-state index is 0.0244. The summed E-state index contributed by atoms with van der Waals surface area (Å²) in [6, 6.07) is 13.9. The third-order valence-corrected chi connectivity index (χ3v) is 8.72. The van der Waals surface area contributed by atoms with E-state index >= 15 is 0 Å². The zero-order valence-corrected chi connectivity index (χ0v) is 25.0. The van der Waals surface area contributed by atoms with Gasteiger partial charge >= 0.3 is 0 Å². The van der Waals surface area contributed by atoms with E-state index in [1.54, 1.807) is 42.6 Å². The van der Waals surface area contributed by atoms with Gasteiger partial charge in [0.05, 0.1) is 34.1 Å². The first kappa shape index (κ1) is 29.2. The summed E-state index contributed by atoms with van der Waals surface area (Å²) in [6.07, 6.45) is 3.35. The molecule has 11 heteroatoms. The molecule has 0 unspecified atom stereocenters. The summed E-state index contributed by atoms with van der Waals surface area (Å²) in [6.45, 7) is 3.57. The number of amides is 1. The maximum atomic E-state index is 14.8. The number of hydrogen-bond donors (Lipinski definition) is 2. The number of anilines is 2. The number of piperidine rings is 1. The highest BCUT2D eigenvalue weighted by atomic mass is 35.5. The number of halogens is 4. The van der Waals surface area contributed by atoms with Crippen LogP contribution in [0.15, 0.2) is 65.8 Å². The third-order valence-electron chi connectivity index (χ3n) is 8.18. The molecule has 2 N–H and O–H groups in total. The number of benzene rings is 3. The molecule has 7 nitrogen and oxygen atoms in total. The molecule has 0 spiro atoms. The molecule has 3 heterocycles. The molecule has 0 atom stereocenters. The van der Waals surface area contributed by atoms with E-state index in [0.29, 0.717) is 56.8 Å².